The summed E-state index contributed by atoms with van der Waals surface area (Å²) in [5.41, 5.74) is 0.477. The molecule has 0 radical (unpaired) electrons. The molecule has 0 saturated carbocycles. The van der Waals surface area contributed by atoms with Gasteiger partial charge in [-0.1, -0.05) is 11.6 Å². The van der Waals surface area contributed by atoms with Gasteiger partial charge < -0.3 is 5.32 Å². The predicted octanol–water partition coefficient (Wildman–Crippen LogP) is 3.10. The van der Waals surface area contributed by atoms with Gasteiger partial charge in [0.25, 0.3) is 5.91 Å². The van der Waals surface area contributed by atoms with Crippen LogP contribution in [0.25, 0.3) is 0 Å². The van der Waals surface area contributed by atoms with Gasteiger partial charge in [-0.3, -0.25) is 4.79 Å². The Morgan fingerprint density at radius 2 is 2.38 bits per heavy atom. The van der Waals surface area contributed by atoms with Crippen LogP contribution < -0.4 is 5.32 Å². The smallest absolute Gasteiger partial charge is 0.271 e. The van der Waals surface area contributed by atoms with Crippen LogP contribution in [-0.4, -0.2) is 10.9 Å². The first-order valence-electron chi connectivity index (χ1n) is 4.59. The topological polar surface area (TPSA) is 42.0 Å². The van der Waals surface area contributed by atoms with Gasteiger partial charge in [0.1, 0.15) is 5.69 Å². The highest BCUT2D eigenvalue weighted by molar-refractivity contribution is 7.16. The average molecular weight is 273 g/mol. The number of halogens is 1. The van der Waals surface area contributed by atoms with Crippen molar-refractivity contribution in [1.29, 1.82) is 0 Å². The molecule has 6 heteroatoms. The molecular weight excluding hydrogens is 264 g/mol. The highest BCUT2D eigenvalue weighted by Gasteiger charge is 2.09. The van der Waals surface area contributed by atoms with Crippen LogP contribution in [0.2, 0.25) is 4.34 Å². The predicted molar refractivity (Wildman–Crippen MR) is 67.4 cm³/mol. The van der Waals surface area contributed by atoms with Crippen LogP contribution in [0.3, 0.4) is 0 Å². The van der Waals surface area contributed by atoms with E-state index >= 15 is 0 Å². The summed E-state index contributed by atoms with van der Waals surface area (Å²) in [6.45, 7) is 2.37. The van der Waals surface area contributed by atoms with Crippen LogP contribution in [-0.2, 0) is 6.54 Å². The minimum absolute atomic E-state index is 0.145. The number of aryl methyl sites for hydroxylation is 1. The number of carbonyl (C=O) groups is 1. The van der Waals surface area contributed by atoms with E-state index in [-0.39, 0.29) is 5.91 Å². The highest BCUT2D eigenvalue weighted by Crippen LogP contribution is 2.21. The number of hydrogen-bond acceptors (Lipinski definition) is 4. The van der Waals surface area contributed by atoms with E-state index in [0.29, 0.717) is 12.2 Å². The lowest BCUT2D eigenvalue weighted by atomic mass is 10.4. The van der Waals surface area contributed by atoms with Crippen molar-refractivity contribution in [2.75, 3.05) is 0 Å². The van der Waals surface area contributed by atoms with Gasteiger partial charge in [0, 0.05) is 10.3 Å². The number of amides is 1. The Bertz CT molecular complexity index is 506. The van der Waals surface area contributed by atoms with E-state index in [4.69, 9.17) is 11.6 Å². The van der Waals surface area contributed by atoms with Crippen LogP contribution in [0.5, 0.6) is 0 Å². The summed E-state index contributed by atoms with van der Waals surface area (Å²) in [6, 6.07) is 3.72. The summed E-state index contributed by atoms with van der Waals surface area (Å²) in [6.07, 6.45) is 0. The highest BCUT2D eigenvalue weighted by atomic mass is 35.5. The summed E-state index contributed by atoms with van der Waals surface area (Å²) in [5, 5.41) is 5.45. The zero-order chi connectivity index (χ0) is 11.5. The number of aromatic nitrogens is 1. The van der Waals surface area contributed by atoms with Crippen molar-refractivity contribution in [2.24, 2.45) is 0 Å². The third-order valence-corrected chi connectivity index (χ3v) is 3.91. The first-order chi connectivity index (χ1) is 7.65. The van der Waals surface area contributed by atoms with Crippen molar-refractivity contribution in [3.63, 3.8) is 0 Å². The molecule has 16 heavy (non-hydrogen) atoms. The number of nitrogens with one attached hydrogen (secondary N) is 1. The molecule has 1 N–H and O–H groups in total. The third-order valence-electron chi connectivity index (χ3n) is 1.90. The van der Waals surface area contributed by atoms with E-state index < -0.39 is 0 Å². The SMILES string of the molecule is Cc1nc(C(=O)NCc2ccc(Cl)s2)cs1. The first kappa shape index (κ1) is 11.6. The molecule has 0 unspecified atom stereocenters. The van der Waals surface area contributed by atoms with Crippen molar-refractivity contribution in [3.05, 3.63) is 37.4 Å². The molecule has 0 aliphatic heterocycles. The van der Waals surface area contributed by atoms with E-state index in [1.807, 2.05) is 19.1 Å². The quantitative estimate of drug-likeness (QED) is 0.933. The number of thiophene rings is 1. The number of thiazole rings is 1. The fourth-order valence-electron chi connectivity index (χ4n) is 1.17. The largest absolute Gasteiger partial charge is 0.346 e. The Morgan fingerprint density at radius 3 is 2.94 bits per heavy atom. The van der Waals surface area contributed by atoms with Gasteiger partial charge >= 0.3 is 0 Å². The fraction of sp³-hybridized carbons (Fsp3) is 0.200. The molecule has 0 spiro atoms. The van der Waals surface area contributed by atoms with Gasteiger partial charge in [-0.2, -0.15) is 0 Å². The molecule has 3 nitrogen and oxygen atoms in total. The molecule has 2 aromatic heterocycles. The normalized spacial score (nSPS) is 10.4. The summed E-state index contributed by atoms with van der Waals surface area (Å²) >= 11 is 8.72. The molecule has 2 heterocycles. The van der Waals surface area contributed by atoms with Gasteiger partial charge in [0.2, 0.25) is 0 Å². The van der Waals surface area contributed by atoms with Gasteiger partial charge in [0.05, 0.1) is 15.9 Å². The lowest BCUT2D eigenvalue weighted by Gasteiger charge is -1.99. The van der Waals surface area contributed by atoms with Crippen LogP contribution in [0.15, 0.2) is 17.5 Å². The molecule has 2 rings (SSSR count). The van der Waals surface area contributed by atoms with Crippen molar-refractivity contribution >= 4 is 40.2 Å². The second-order valence-electron chi connectivity index (χ2n) is 3.14. The maximum absolute atomic E-state index is 11.6. The van der Waals surface area contributed by atoms with Crippen molar-refractivity contribution < 1.29 is 4.79 Å². The van der Waals surface area contributed by atoms with Gasteiger partial charge in [-0.25, -0.2) is 4.98 Å². The van der Waals surface area contributed by atoms with E-state index in [0.717, 1.165) is 14.2 Å². The second-order valence-corrected chi connectivity index (χ2v) is 6.00. The van der Waals surface area contributed by atoms with Crippen molar-refractivity contribution in [2.45, 2.75) is 13.5 Å². The second kappa shape index (κ2) is 4.95. The summed E-state index contributed by atoms with van der Waals surface area (Å²) in [4.78, 5) is 16.8. The first-order valence-corrected chi connectivity index (χ1v) is 6.67. The Kier molecular flexibility index (Phi) is 3.58. The Labute approximate surface area is 106 Å². The monoisotopic (exact) mass is 272 g/mol. The van der Waals surface area contributed by atoms with Gasteiger partial charge in [-0.05, 0) is 19.1 Å². The lowest BCUT2D eigenvalue weighted by molar-refractivity contribution is 0.0947. The molecular formula is C10H9ClN2OS2. The lowest BCUT2D eigenvalue weighted by Crippen LogP contribution is -2.22. The third kappa shape index (κ3) is 2.81. The summed E-state index contributed by atoms with van der Waals surface area (Å²) < 4.78 is 0.730. The van der Waals surface area contributed by atoms with Gasteiger partial charge in [-0.15, -0.1) is 22.7 Å². The maximum Gasteiger partial charge on any atom is 0.271 e. The Balaban J connectivity index is 1.93. The minimum Gasteiger partial charge on any atom is -0.346 e. The zero-order valence-electron chi connectivity index (χ0n) is 8.49. The van der Waals surface area contributed by atoms with E-state index in [1.54, 1.807) is 5.38 Å². The molecule has 0 fully saturated rings. The molecule has 1 amide bonds. The standard InChI is InChI=1S/C10H9ClN2OS2/c1-6-13-8(5-15-6)10(14)12-4-7-2-3-9(11)16-7/h2-3,5H,4H2,1H3,(H,12,14). The molecule has 0 bridgehead atoms. The Morgan fingerprint density at radius 1 is 1.56 bits per heavy atom. The molecule has 84 valence electrons. The Hall–Kier alpha value is -0.910. The summed E-state index contributed by atoms with van der Waals surface area (Å²) in [5.74, 6) is -0.145. The maximum atomic E-state index is 11.6. The molecule has 0 aromatic carbocycles. The zero-order valence-corrected chi connectivity index (χ0v) is 10.9. The van der Waals surface area contributed by atoms with E-state index in [1.165, 1.54) is 22.7 Å². The van der Waals surface area contributed by atoms with Crippen LogP contribution in [0.4, 0.5) is 0 Å². The fourth-order valence-corrected chi connectivity index (χ4v) is 2.79. The van der Waals surface area contributed by atoms with Crippen molar-refractivity contribution in [3.8, 4) is 0 Å². The number of rotatable bonds is 3. The van der Waals surface area contributed by atoms with Crippen LogP contribution in [0, 0.1) is 6.92 Å². The van der Waals surface area contributed by atoms with E-state index in [2.05, 4.69) is 10.3 Å². The van der Waals surface area contributed by atoms with Crippen LogP contribution in [0.1, 0.15) is 20.4 Å². The van der Waals surface area contributed by atoms with Crippen molar-refractivity contribution in [1.82, 2.24) is 10.3 Å². The van der Waals surface area contributed by atoms with E-state index in [9.17, 15) is 4.79 Å². The number of nitrogens with zero attached hydrogens (tertiary/aromatic N) is 1. The molecule has 0 aliphatic carbocycles. The van der Waals surface area contributed by atoms with Gasteiger partial charge in [0.15, 0.2) is 0 Å². The number of hydrogen-bond donors (Lipinski definition) is 1. The minimum atomic E-state index is -0.145. The molecule has 2 aromatic rings. The molecule has 0 aliphatic rings. The van der Waals surface area contributed by atoms with Crippen LogP contribution >= 0.6 is 34.3 Å². The molecule has 0 atom stereocenters. The number of carbonyl (C=O) groups excluding carboxylic acids is 1. The summed E-state index contributed by atoms with van der Waals surface area (Å²) in [7, 11) is 0. The molecule has 0 saturated heterocycles. The average Bonchev–Trinajstić information content (AvgIpc) is 2.84.